The maximum Gasteiger partial charge on any atom is 0.410 e. The lowest BCUT2D eigenvalue weighted by molar-refractivity contribution is 0.0258. The third-order valence-corrected chi connectivity index (χ3v) is 5.15. The first-order valence-electron chi connectivity index (χ1n) is 8.07. The summed E-state index contributed by atoms with van der Waals surface area (Å²) in [6, 6.07) is 12.8. The zero-order chi connectivity index (χ0) is 16.4. The molecule has 122 valence electrons. The van der Waals surface area contributed by atoms with Gasteiger partial charge in [0.2, 0.25) is 0 Å². The van der Waals surface area contributed by atoms with Crippen LogP contribution in [0.2, 0.25) is 0 Å². The fraction of sp³-hybridized carbons (Fsp3) is 0.421. The molecule has 0 bridgehead atoms. The van der Waals surface area contributed by atoms with E-state index in [1.165, 1.54) is 20.9 Å². The van der Waals surface area contributed by atoms with Crippen molar-refractivity contribution < 1.29 is 9.53 Å². The summed E-state index contributed by atoms with van der Waals surface area (Å²) in [7, 11) is 0. The van der Waals surface area contributed by atoms with Gasteiger partial charge in [-0.15, -0.1) is 11.3 Å². The SMILES string of the molecule is CC(C)(C)OC(=O)N1CCc2cc(-c3ccccc3)sc2CC1. The van der Waals surface area contributed by atoms with Crippen LogP contribution in [0, 0.1) is 0 Å². The van der Waals surface area contributed by atoms with Gasteiger partial charge in [0.25, 0.3) is 0 Å². The molecule has 3 rings (SSSR count). The summed E-state index contributed by atoms with van der Waals surface area (Å²) in [5.41, 5.74) is 2.21. The van der Waals surface area contributed by atoms with E-state index in [2.05, 4.69) is 30.3 Å². The van der Waals surface area contributed by atoms with E-state index in [0.29, 0.717) is 0 Å². The first-order valence-corrected chi connectivity index (χ1v) is 8.89. The van der Waals surface area contributed by atoms with Gasteiger partial charge in [-0.2, -0.15) is 0 Å². The van der Waals surface area contributed by atoms with E-state index >= 15 is 0 Å². The van der Waals surface area contributed by atoms with Crippen molar-refractivity contribution in [3.05, 3.63) is 46.8 Å². The van der Waals surface area contributed by atoms with Crippen molar-refractivity contribution in [1.29, 1.82) is 0 Å². The Morgan fingerprint density at radius 1 is 1.13 bits per heavy atom. The summed E-state index contributed by atoms with van der Waals surface area (Å²) >= 11 is 1.85. The monoisotopic (exact) mass is 329 g/mol. The predicted octanol–water partition coefficient (Wildman–Crippen LogP) is 4.75. The number of nitrogens with zero attached hydrogens (tertiary/aromatic N) is 1. The average Bonchev–Trinajstić information content (AvgIpc) is 2.80. The van der Waals surface area contributed by atoms with Crippen LogP contribution in [0.15, 0.2) is 36.4 Å². The highest BCUT2D eigenvalue weighted by Crippen LogP contribution is 2.33. The minimum absolute atomic E-state index is 0.198. The van der Waals surface area contributed by atoms with E-state index in [1.54, 1.807) is 0 Å². The number of carbonyl (C=O) groups is 1. The van der Waals surface area contributed by atoms with Crippen molar-refractivity contribution >= 4 is 17.4 Å². The van der Waals surface area contributed by atoms with Crippen molar-refractivity contribution in [1.82, 2.24) is 4.90 Å². The molecule has 0 spiro atoms. The van der Waals surface area contributed by atoms with Gasteiger partial charge in [0, 0.05) is 22.8 Å². The fourth-order valence-electron chi connectivity index (χ4n) is 2.75. The fourth-order valence-corrected chi connectivity index (χ4v) is 3.95. The first kappa shape index (κ1) is 16.1. The average molecular weight is 329 g/mol. The molecule has 1 aliphatic rings. The molecule has 1 amide bonds. The predicted molar refractivity (Wildman–Crippen MR) is 95.0 cm³/mol. The highest BCUT2D eigenvalue weighted by molar-refractivity contribution is 7.15. The number of benzene rings is 1. The highest BCUT2D eigenvalue weighted by Gasteiger charge is 2.25. The van der Waals surface area contributed by atoms with Crippen LogP contribution in [0.4, 0.5) is 4.79 Å². The van der Waals surface area contributed by atoms with Gasteiger partial charge in [0.05, 0.1) is 0 Å². The number of ether oxygens (including phenoxy) is 1. The molecule has 0 aliphatic carbocycles. The van der Waals surface area contributed by atoms with E-state index in [4.69, 9.17) is 4.74 Å². The summed E-state index contributed by atoms with van der Waals surface area (Å²) in [6.45, 7) is 7.19. The Hall–Kier alpha value is -1.81. The Kier molecular flexibility index (Phi) is 4.44. The maximum atomic E-state index is 12.2. The largest absolute Gasteiger partial charge is 0.444 e. The Balaban J connectivity index is 1.71. The van der Waals surface area contributed by atoms with Gasteiger partial charge in [0.15, 0.2) is 0 Å². The van der Waals surface area contributed by atoms with Crippen molar-refractivity contribution in [3.8, 4) is 10.4 Å². The van der Waals surface area contributed by atoms with Crippen LogP contribution in [0.25, 0.3) is 10.4 Å². The molecule has 0 saturated carbocycles. The molecule has 2 aromatic rings. The maximum absolute atomic E-state index is 12.2. The van der Waals surface area contributed by atoms with Crippen LogP contribution in [0.1, 0.15) is 31.2 Å². The van der Waals surface area contributed by atoms with E-state index in [9.17, 15) is 4.79 Å². The molecule has 0 saturated heterocycles. The molecule has 0 radical (unpaired) electrons. The smallest absolute Gasteiger partial charge is 0.410 e. The molecule has 0 atom stereocenters. The molecule has 4 heteroatoms. The molecular weight excluding hydrogens is 306 g/mol. The number of amides is 1. The lowest BCUT2D eigenvalue weighted by atomic mass is 10.1. The van der Waals surface area contributed by atoms with Crippen LogP contribution in [0.3, 0.4) is 0 Å². The second-order valence-corrected chi connectivity index (χ2v) is 8.03. The molecule has 1 aromatic carbocycles. The van der Waals surface area contributed by atoms with Crippen LogP contribution in [0.5, 0.6) is 0 Å². The van der Waals surface area contributed by atoms with E-state index in [1.807, 2.05) is 43.1 Å². The van der Waals surface area contributed by atoms with Crippen LogP contribution in [-0.4, -0.2) is 29.7 Å². The number of rotatable bonds is 1. The van der Waals surface area contributed by atoms with E-state index in [0.717, 1.165) is 25.9 Å². The molecule has 3 nitrogen and oxygen atoms in total. The van der Waals surface area contributed by atoms with Crippen LogP contribution >= 0.6 is 11.3 Å². The zero-order valence-corrected chi connectivity index (χ0v) is 14.8. The summed E-state index contributed by atoms with van der Waals surface area (Å²) in [5, 5.41) is 0. The Morgan fingerprint density at radius 2 is 1.83 bits per heavy atom. The highest BCUT2D eigenvalue weighted by atomic mass is 32.1. The normalized spacial score (nSPS) is 15.0. The van der Waals surface area contributed by atoms with Crippen molar-refractivity contribution in [3.63, 3.8) is 0 Å². The molecule has 0 fully saturated rings. The van der Waals surface area contributed by atoms with Gasteiger partial charge < -0.3 is 9.64 Å². The van der Waals surface area contributed by atoms with Crippen LogP contribution in [-0.2, 0) is 17.6 Å². The van der Waals surface area contributed by atoms with Gasteiger partial charge in [-0.25, -0.2) is 4.79 Å². The molecule has 0 unspecified atom stereocenters. The number of fused-ring (bicyclic) bond motifs is 1. The van der Waals surface area contributed by atoms with Crippen molar-refractivity contribution in [2.75, 3.05) is 13.1 Å². The number of carbonyl (C=O) groups excluding carboxylic acids is 1. The molecule has 1 aliphatic heterocycles. The summed E-state index contributed by atoms with van der Waals surface area (Å²) in [5.74, 6) is 0. The van der Waals surface area contributed by atoms with Crippen molar-refractivity contribution in [2.24, 2.45) is 0 Å². The van der Waals surface area contributed by atoms with Gasteiger partial charge in [-0.3, -0.25) is 0 Å². The van der Waals surface area contributed by atoms with Gasteiger partial charge in [0.1, 0.15) is 5.60 Å². The standard InChI is InChI=1S/C19H23NO2S/c1-19(2,3)22-18(21)20-11-9-15-13-17(23-16(15)10-12-20)14-7-5-4-6-8-14/h4-8,13H,9-12H2,1-3H3. The van der Waals surface area contributed by atoms with Gasteiger partial charge in [-0.1, -0.05) is 30.3 Å². The molecular formula is C19H23NO2S. The topological polar surface area (TPSA) is 29.5 Å². The Morgan fingerprint density at radius 3 is 2.52 bits per heavy atom. The zero-order valence-electron chi connectivity index (χ0n) is 14.0. The quantitative estimate of drug-likeness (QED) is 0.755. The number of hydrogen-bond acceptors (Lipinski definition) is 3. The lowest BCUT2D eigenvalue weighted by Crippen LogP contribution is -2.38. The lowest BCUT2D eigenvalue weighted by Gasteiger charge is -2.26. The second-order valence-electron chi connectivity index (χ2n) is 6.89. The van der Waals surface area contributed by atoms with Gasteiger partial charge >= 0.3 is 6.09 Å². The molecule has 2 heterocycles. The summed E-state index contributed by atoms with van der Waals surface area (Å²) in [4.78, 5) is 16.8. The van der Waals surface area contributed by atoms with E-state index in [-0.39, 0.29) is 6.09 Å². The minimum atomic E-state index is -0.436. The summed E-state index contributed by atoms with van der Waals surface area (Å²) in [6.07, 6.45) is 1.61. The number of hydrogen-bond donors (Lipinski definition) is 0. The summed E-state index contributed by atoms with van der Waals surface area (Å²) < 4.78 is 5.49. The Bertz CT molecular complexity index is 660. The van der Waals surface area contributed by atoms with Gasteiger partial charge in [-0.05, 0) is 50.8 Å². The number of thiophene rings is 1. The third kappa shape index (κ3) is 3.94. The first-order chi connectivity index (χ1) is 10.9. The van der Waals surface area contributed by atoms with Crippen LogP contribution < -0.4 is 0 Å². The minimum Gasteiger partial charge on any atom is -0.444 e. The second kappa shape index (κ2) is 6.36. The Labute approximate surface area is 141 Å². The molecule has 1 aromatic heterocycles. The molecule has 23 heavy (non-hydrogen) atoms. The van der Waals surface area contributed by atoms with E-state index < -0.39 is 5.60 Å². The molecule has 0 N–H and O–H groups in total. The third-order valence-electron chi connectivity index (χ3n) is 3.87. The van der Waals surface area contributed by atoms with Crippen molar-refractivity contribution in [2.45, 2.75) is 39.2 Å².